The Bertz CT molecular complexity index is 1030. The van der Waals surface area contributed by atoms with Gasteiger partial charge in [0.1, 0.15) is 0 Å². The minimum atomic E-state index is 0.300. The summed E-state index contributed by atoms with van der Waals surface area (Å²) in [5.74, 6) is 1.20. The average Bonchev–Trinajstić information content (AvgIpc) is 3.40. The van der Waals surface area contributed by atoms with E-state index in [-0.39, 0.29) is 0 Å². The molecule has 1 fully saturated rings. The van der Waals surface area contributed by atoms with Crippen LogP contribution < -0.4 is 11.5 Å². The van der Waals surface area contributed by atoms with Gasteiger partial charge in [0.25, 0.3) is 0 Å². The molecule has 9 heteroatoms. The van der Waals surface area contributed by atoms with Crippen LogP contribution in [-0.2, 0) is 6.54 Å². The third-order valence-corrected chi connectivity index (χ3v) is 5.54. The van der Waals surface area contributed by atoms with Crippen LogP contribution in [0.5, 0.6) is 0 Å². The van der Waals surface area contributed by atoms with Crippen LogP contribution in [0.25, 0.3) is 11.3 Å². The molecule has 0 bridgehead atoms. The highest BCUT2D eigenvalue weighted by molar-refractivity contribution is 9.10. The zero-order valence-electron chi connectivity index (χ0n) is 16.5. The fourth-order valence-corrected chi connectivity index (χ4v) is 4.04. The summed E-state index contributed by atoms with van der Waals surface area (Å²) in [6.45, 7) is 2.76. The Hall–Kier alpha value is -2.75. The number of rotatable bonds is 5. The Morgan fingerprint density at radius 1 is 1.33 bits per heavy atom. The van der Waals surface area contributed by atoms with Crippen LogP contribution in [0.4, 0.5) is 5.69 Å². The first kappa shape index (κ1) is 20.5. The summed E-state index contributed by atoms with van der Waals surface area (Å²) in [7, 11) is 0. The van der Waals surface area contributed by atoms with Gasteiger partial charge < -0.3 is 20.9 Å². The molecule has 0 amide bonds. The summed E-state index contributed by atoms with van der Waals surface area (Å²) in [6.07, 6.45) is 6.37. The van der Waals surface area contributed by atoms with E-state index < -0.39 is 0 Å². The summed E-state index contributed by atoms with van der Waals surface area (Å²) >= 11 is 3.55. The average molecular weight is 470 g/mol. The number of likely N-dealkylation sites (tertiary alicyclic amines) is 1. The van der Waals surface area contributed by atoms with Crippen molar-refractivity contribution in [1.29, 1.82) is 0 Å². The lowest BCUT2D eigenvalue weighted by Crippen LogP contribution is -2.39. The molecule has 2 aromatic heterocycles. The van der Waals surface area contributed by atoms with E-state index in [1.807, 2.05) is 24.3 Å². The lowest BCUT2D eigenvalue weighted by molar-refractivity contribution is 0.205. The van der Waals surface area contributed by atoms with E-state index in [1.54, 1.807) is 6.20 Å². The number of piperidine rings is 1. The van der Waals surface area contributed by atoms with Gasteiger partial charge in [-0.05, 0) is 65.6 Å². The second kappa shape index (κ2) is 9.38. The normalized spacial score (nSPS) is 16.5. The third kappa shape index (κ3) is 4.86. The van der Waals surface area contributed by atoms with Crippen molar-refractivity contribution in [3.8, 4) is 11.3 Å². The topological polar surface area (TPSA) is 122 Å². The van der Waals surface area contributed by atoms with Crippen LogP contribution in [0.2, 0.25) is 0 Å². The molecule has 0 aliphatic carbocycles. The fourth-order valence-electron chi connectivity index (χ4n) is 3.57. The van der Waals surface area contributed by atoms with Crippen molar-refractivity contribution in [3.05, 3.63) is 58.8 Å². The van der Waals surface area contributed by atoms with E-state index in [4.69, 9.17) is 20.9 Å². The summed E-state index contributed by atoms with van der Waals surface area (Å²) in [4.78, 5) is 18.8. The molecule has 0 radical (unpaired) electrons. The number of nitrogens with two attached hydrogens (primary N) is 2. The number of aliphatic imine (C=N–C) groups is 2. The van der Waals surface area contributed by atoms with Crippen molar-refractivity contribution in [2.75, 3.05) is 13.1 Å². The number of amidine groups is 1. The highest BCUT2D eigenvalue weighted by Crippen LogP contribution is 2.26. The van der Waals surface area contributed by atoms with Gasteiger partial charge >= 0.3 is 0 Å². The van der Waals surface area contributed by atoms with Gasteiger partial charge in [-0.1, -0.05) is 12.1 Å². The molecule has 4 rings (SSSR count). The maximum Gasteiger partial charge on any atom is 0.181 e. The van der Waals surface area contributed by atoms with E-state index in [0.29, 0.717) is 17.6 Å². The van der Waals surface area contributed by atoms with Gasteiger partial charge in [0.2, 0.25) is 0 Å². The Labute approximate surface area is 183 Å². The molecule has 3 heterocycles. The number of hydrogen-bond acceptors (Lipinski definition) is 5. The summed E-state index contributed by atoms with van der Waals surface area (Å²) < 4.78 is 6.26. The molecule has 3 aromatic rings. The molecule has 1 saturated heterocycles. The molecule has 1 aliphatic rings. The Morgan fingerprint density at radius 2 is 2.17 bits per heavy atom. The van der Waals surface area contributed by atoms with Gasteiger partial charge in [0, 0.05) is 18.2 Å². The summed E-state index contributed by atoms with van der Waals surface area (Å²) in [5, 5.41) is 0. The Balaban J connectivity index is 1.64. The van der Waals surface area contributed by atoms with Gasteiger partial charge in [-0.2, -0.15) is 0 Å². The van der Waals surface area contributed by atoms with Crippen LogP contribution in [0.1, 0.15) is 24.1 Å². The standard InChI is InChI=1S/C21H24BrN7O/c22-19-9-15(11-29-6-4-16(24)5-7-29)20(28-19)21(26-12-23)27-17-3-1-2-14(8-17)18-10-25-13-30-18/h1-3,8-10,12-13,16,28H,4-7,11,24H2,(H2,23,26,27). The maximum absolute atomic E-state index is 6.04. The molecule has 0 spiro atoms. The number of hydrogen-bond donors (Lipinski definition) is 3. The van der Waals surface area contributed by atoms with Crippen LogP contribution in [0.15, 0.2) is 61.9 Å². The largest absolute Gasteiger partial charge is 0.444 e. The van der Waals surface area contributed by atoms with Gasteiger partial charge in [-0.25, -0.2) is 15.0 Å². The van der Waals surface area contributed by atoms with Crippen molar-refractivity contribution in [1.82, 2.24) is 14.9 Å². The first-order valence-electron chi connectivity index (χ1n) is 9.80. The second-order valence-electron chi connectivity index (χ2n) is 7.26. The van der Waals surface area contributed by atoms with E-state index in [1.165, 1.54) is 12.7 Å². The molecule has 0 unspecified atom stereocenters. The molecule has 1 aromatic carbocycles. The third-order valence-electron chi connectivity index (χ3n) is 5.11. The van der Waals surface area contributed by atoms with Crippen molar-refractivity contribution in [2.45, 2.75) is 25.4 Å². The van der Waals surface area contributed by atoms with E-state index >= 15 is 0 Å². The van der Waals surface area contributed by atoms with Crippen LogP contribution in [0, 0.1) is 0 Å². The Kier molecular flexibility index (Phi) is 6.41. The quantitative estimate of drug-likeness (QED) is 0.390. The lowest BCUT2D eigenvalue weighted by Gasteiger charge is -2.30. The van der Waals surface area contributed by atoms with E-state index in [2.05, 4.69) is 41.9 Å². The first-order chi connectivity index (χ1) is 14.6. The predicted molar refractivity (Wildman–Crippen MR) is 122 cm³/mol. The number of benzene rings is 1. The van der Waals surface area contributed by atoms with Crippen molar-refractivity contribution in [2.24, 2.45) is 21.5 Å². The van der Waals surface area contributed by atoms with Gasteiger partial charge in [-0.15, -0.1) is 0 Å². The molecule has 1 aliphatic heterocycles. The molecule has 8 nitrogen and oxygen atoms in total. The number of nitrogens with one attached hydrogen (secondary N) is 1. The summed E-state index contributed by atoms with van der Waals surface area (Å²) in [5.41, 5.74) is 15.3. The van der Waals surface area contributed by atoms with E-state index in [9.17, 15) is 0 Å². The number of halogens is 1. The number of nitrogens with zero attached hydrogens (tertiary/aromatic N) is 4. The Morgan fingerprint density at radius 3 is 2.90 bits per heavy atom. The molecular formula is C21H24BrN7O. The molecular weight excluding hydrogens is 446 g/mol. The monoisotopic (exact) mass is 469 g/mol. The number of oxazole rings is 1. The minimum absolute atomic E-state index is 0.300. The van der Waals surface area contributed by atoms with Crippen LogP contribution >= 0.6 is 15.9 Å². The second-order valence-corrected chi connectivity index (χ2v) is 8.12. The predicted octanol–water partition coefficient (Wildman–Crippen LogP) is 3.42. The smallest absolute Gasteiger partial charge is 0.181 e. The maximum atomic E-state index is 6.04. The van der Waals surface area contributed by atoms with E-state index in [0.717, 1.165) is 59.6 Å². The van der Waals surface area contributed by atoms with Crippen LogP contribution in [0.3, 0.4) is 0 Å². The van der Waals surface area contributed by atoms with Crippen molar-refractivity contribution in [3.63, 3.8) is 0 Å². The highest BCUT2D eigenvalue weighted by atomic mass is 79.9. The fraction of sp³-hybridized carbons (Fsp3) is 0.286. The lowest BCUT2D eigenvalue weighted by atomic mass is 10.1. The number of aromatic amines is 1. The molecule has 156 valence electrons. The number of aromatic nitrogens is 2. The highest BCUT2D eigenvalue weighted by Gasteiger charge is 2.20. The zero-order valence-corrected chi connectivity index (χ0v) is 18.0. The minimum Gasteiger partial charge on any atom is -0.444 e. The van der Waals surface area contributed by atoms with Gasteiger partial charge in [0.05, 0.1) is 28.5 Å². The van der Waals surface area contributed by atoms with Crippen molar-refractivity contribution < 1.29 is 4.42 Å². The molecule has 5 N–H and O–H groups in total. The summed E-state index contributed by atoms with van der Waals surface area (Å²) in [6, 6.07) is 10.1. The first-order valence-corrected chi connectivity index (χ1v) is 10.6. The molecule has 30 heavy (non-hydrogen) atoms. The zero-order chi connectivity index (χ0) is 20.9. The molecule has 0 atom stereocenters. The molecule has 0 saturated carbocycles. The van der Waals surface area contributed by atoms with Crippen LogP contribution in [-0.4, -0.2) is 46.2 Å². The van der Waals surface area contributed by atoms with Gasteiger partial charge in [0.15, 0.2) is 18.0 Å². The van der Waals surface area contributed by atoms with Gasteiger partial charge in [-0.3, -0.25) is 4.90 Å². The number of H-pyrrole nitrogens is 1. The van der Waals surface area contributed by atoms with Crippen molar-refractivity contribution >= 4 is 33.8 Å². The SMILES string of the molecule is NC=NC(=Nc1cccc(-c2cnco2)c1)c1[nH]c(Br)cc1CN1CCC(N)CC1.